The van der Waals surface area contributed by atoms with E-state index in [0.29, 0.717) is 34.5 Å². The van der Waals surface area contributed by atoms with Crippen LogP contribution >= 0.6 is 0 Å². The lowest BCUT2D eigenvalue weighted by molar-refractivity contribution is -0.163. The molecule has 0 aromatic heterocycles. The van der Waals surface area contributed by atoms with Gasteiger partial charge in [-0.3, -0.25) is 9.59 Å². The Morgan fingerprint density at radius 2 is 1.83 bits per heavy atom. The van der Waals surface area contributed by atoms with Crippen molar-refractivity contribution in [3.05, 3.63) is 110 Å². The van der Waals surface area contributed by atoms with Gasteiger partial charge in [0.1, 0.15) is 30.0 Å². The lowest BCUT2D eigenvalue weighted by Crippen LogP contribution is -2.46. The van der Waals surface area contributed by atoms with Gasteiger partial charge in [0, 0.05) is 39.9 Å². The Morgan fingerprint density at radius 3 is 2.57 bits per heavy atom. The van der Waals surface area contributed by atoms with Gasteiger partial charge in [0.15, 0.2) is 17.7 Å². The molecule has 280 valence electrons. The van der Waals surface area contributed by atoms with Crippen LogP contribution in [0.4, 0.5) is 0 Å². The van der Waals surface area contributed by atoms with Gasteiger partial charge in [-0.05, 0) is 145 Å². The second kappa shape index (κ2) is 13.1. The van der Waals surface area contributed by atoms with Gasteiger partial charge in [0.25, 0.3) is 6.29 Å². The summed E-state index contributed by atoms with van der Waals surface area (Å²) in [5.41, 5.74) is 7.59. The van der Waals surface area contributed by atoms with Crippen molar-refractivity contribution in [2.75, 3.05) is 6.61 Å². The van der Waals surface area contributed by atoms with Crippen LogP contribution in [-0.2, 0) is 19.1 Å². The second-order valence-corrected chi connectivity index (χ2v) is 16.5. The number of aliphatic hydroxyl groups is 3. The van der Waals surface area contributed by atoms with Gasteiger partial charge in [-0.2, -0.15) is 0 Å². The molecule has 2 aliphatic heterocycles. The van der Waals surface area contributed by atoms with Crippen LogP contribution in [0.5, 0.6) is 5.75 Å². The number of aliphatic hydroxyl groups excluding tert-OH is 3. The Bertz CT molecular complexity index is 2370. The summed E-state index contributed by atoms with van der Waals surface area (Å²) >= 11 is 0. The van der Waals surface area contributed by atoms with Crippen molar-refractivity contribution in [2.45, 2.75) is 97.6 Å². The lowest BCUT2D eigenvalue weighted by atomic mass is 9.62. The smallest absolute Gasteiger partial charge is 0.269 e. The van der Waals surface area contributed by atoms with E-state index in [0.717, 1.165) is 98.7 Å². The third-order valence-electron chi connectivity index (χ3n) is 13.2. The molecule has 3 N–H and O–H groups in total. The molecule has 0 saturated heterocycles. The quantitative estimate of drug-likeness (QED) is 0.305. The Balaban J connectivity index is 1.36. The summed E-state index contributed by atoms with van der Waals surface area (Å²) in [7, 11) is 0. The number of Topliss-reactive ketones (excluding diaryl/α,β-unsaturated/α-hetero) is 2. The summed E-state index contributed by atoms with van der Waals surface area (Å²) in [6.07, 6.45) is 12.4. The van der Waals surface area contributed by atoms with Crippen molar-refractivity contribution in [3.8, 4) is 5.75 Å². The first-order valence-corrected chi connectivity index (χ1v) is 19.6. The van der Waals surface area contributed by atoms with E-state index >= 15 is 4.79 Å². The van der Waals surface area contributed by atoms with E-state index in [1.807, 2.05) is 39.0 Å². The molecule has 1 saturated carbocycles. The number of hydrogen-bond acceptors (Lipinski definition) is 8. The molecule has 7 aliphatic rings. The van der Waals surface area contributed by atoms with Gasteiger partial charge in [-0.15, -0.1) is 0 Å². The highest BCUT2D eigenvalue weighted by Crippen LogP contribution is 2.55. The normalized spacial score (nSPS) is 30.9. The van der Waals surface area contributed by atoms with E-state index in [1.165, 1.54) is 6.08 Å². The van der Waals surface area contributed by atoms with E-state index < -0.39 is 25.1 Å². The Morgan fingerprint density at radius 1 is 1.02 bits per heavy atom. The predicted molar refractivity (Wildman–Crippen MR) is 205 cm³/mol. The summed E-state index contributed by atoms with van der Waals surface area (Å²) in [5.74, 6) is 1.72. The second-order valence-electron chi connectivity index (χ2n) is 16.5. The van der Waals surface area contributed by atoms with Crippen LogP contribution in [-0.4, -0.2) is 52.0 Å². The van der Waals surface area contributed by atoms with E-state index in [2.05, 4.69) is 32.1 Å². The highest BCUT2D eigenvalue weighted by molar-refractivity contribution is 6.26. The van der Waals surface area contributed by atoms with Gasteiger partial charge in [-0.1, -0.05) is 32.1 Å². The molecule has 54 heavy (non-hydrogen) atoms. The summed E-state index contributed by atoms with van der Waals surface area (Å²) in [6.45, 7) is 10.1. The first kappa shape index (κ1) is 35.2. The highest BCUT2D eigenvalue weighted by atomic mass is 16.7. The number of allylic oxidation sites excluding steroid dienone is 9. The number of carbonyl (C=O) groups is 2. The summed E-state index contributed by atoms with van der Waals surface area (Å²) in [6, 6.07) is 4.13. The number of hydrogen-bond donors (Lipinski definition) is 3. The first-order chi connectivity index (χ1) is 26.0. The molecular weight excluding hydrogens is 680 g/mol. The van der Waals surface area contributed by atoms with Gasteiger partial charge < -0.3 is 29.5 Å². The van der Waals surface area contributed by atoms with Crippen molar-refractivity contribution in [3.63, 3.8) is 0 Å². The largest absolute Gasteiger partial charge is 0.464 e. The monoisotopic (exact) mass is 728 g/mol. The highest BCUT2D eigenvalue weighted by Gasteiger charge is 2.46. The minimum absolute atomic E-state index is 0.0438. The maximum absolute atomic E-state index is 15.1. The average molecular weight is 729 g/mol. The molecule has 0 amide bonds. The molecular formula is C46H48O8. The fraction of sp³-hybridized carbons (Fsp3) is 0.435. The number of rotatable bonds is 7. The lowest BCUT2D eigenvalue weighted by Gasteiger charge is -2.41. The third kappa shape index (κ3) is 5.20. The third-order valence-corrected chi connectivity index (χ3v) is 13.2. The number of ketones is 2. The maximum atomic E-state index is 15.1. The zero-order valence-electron chi connectivity index (χ0n) is 31.6. The number of benzene rings is 2. The van der Waals surface area contributed by atoms with E-state index in [1.54, 1.807) is 6.26 Å². The number of ether oxygens (including phenoxy) is 3. The van der Waals surface area contributed by atoms with Crippen LogP contribution in [0, 0.1) is 37.5 Å². The van der Waals surface area contributed by atoms with E-state index in [-0.39, 0.29) is 35.1 Å². The van der Waals surface area contributed by atoms with E-state index in [4.69, 9.17) is 14.2 Å². The maximum Gasteiger partial charge on any atom is 0.269 e. The van der Waals surface area contributed by atoms with Crippen LogP contribution in [0.3, 0.4) is 0 Å². The fourth-order valence-electron chi connectivity index (χ4n) is 10.2. The van der Waals surface area contributed by atoms with Crippen LogP contribution < -0.4 is 15.2 Å². The minimum Gasteiger partial charge on any atom is -0.464 e. The van der Waals surface area contributed by atoms with Crippen LogP contribution in [0.15, 0.2) is 82.6 Å². The summed E-state index contributed by atoms with van der Waals surface area (Å²) in [5, 5.41) is 34.9. The zero-order valence-corrected chi connectivity index (χ0v) is 31.6. The molecule has 2 aromatic carbocycles. The van der Waals surface area contributed by atoms with Gasteiger partial charge in [0.2, 0.25) is 0 Å². The molecule has 1 fully saturated rings. The fourth-order valence-corrected chi connectivity index (χ4v) is 10.2. The number of aryl methyl sites for hydroxylation is 1. The van der Waals surface area contributed by atoms with Gasteiger partial charge >= 0.3 is 0 Å². The van der Waals surface area contributed by atoms with Crippen molar-refractivity contribution < 1.29 is 39.1 Å². The minimum atomic E-state index is -1.41. The molecule has 5 aliphatic carbocycles. The Kier molecular flexibility index (Phi) is 8.52. The number of carbonyl (C=O) groups excluding carboxylic acids is 2. The molecule has 2 heterocycles. The zero-order chi connectivity index (χ0) is 37.7. The van der Waals surface area contributed by atoms with Crippen molar-refractivity contribution >= 4 is 33.5 Å². The van der Waals surface area contributed by atoms with Gasteiger partial charge in [-0.25, -0.2) is 0 Å². The topological polar surface area (TPSA) is 123 Å². The first-order valence-electron chi connectivity index (χ1n) is 19.6. The average Bonchev–Trinajstić information content (AvgIpc) is 3.17. The standard InChI is InChI=1S/C46H48O8/c1-21-15-31-36-33(16-21)44(54-46-43(51)34(48)18-28(20-47)53-46)24(4)35-25(5)45-39-29(13-14-52-45)30(41(49)27-12-11-22(2)23(3)17-27)19-32(38(39)40(35)36)37(31)42(50)26-9-7-6-8-10-26/h7,9,13-16,18-19,22-23,26-27,34,38,43,46-48,51H,6,8,10-12,17,20H2,1-5H3. The van der Waals surface area contributed by atoms with Crippen molar-refractivity contribution in [1.82, 2.24) is 0 Å². The molecule has 0 bridgehead atoms. The molecule has 8 heteroatoms. The van der Waals surface area contributed by atoms with Crippen molar-refractivity contribution in [1.29, 1.82) is 0 Å². The van der Waals surface area contributed by atoms with E-state index in [9.17, 15) is 20.1 Å². The van der Waals surface area contributed by atoms with Gasteiger partial charge in [0.05, 0.1) is 6.26 Å². The Hall–Kier alpha value is -4.50. The Labute approximate surface area is 315 Å². The molecule has 0 spiro atoms. The molecule has 8 unspecified atom stereocenters. The molecule has 8 atom stereocenters. The van der Waals surface area contributed by atoms with Crippen LogP contribution in [0.2, 0.25) is 0 Å². The summed E-state index contributed by atoms with van der Waals surface area (Å²) in [4.78, 5) is 29.9. The summed E-state index contributed by atoms with van der Waals surface area (Å²) < 4.78 is 18.9. The van der Waals surface area contributed by atoms with Crippen molar-refractivity contribution in [2.24, 2.45) is 23.7 Å². The predicted octanol–water partition coefficient (Wildman–Crippen LogP) is 5.82. The SMILES string of the molecule is CC1=c2c(C)c(OC3OC(CO)=CC(O)C3O)c3cc(C)cc4c3c2C2C(=CC(C(=O)C3CCC(C)C(C)C3)=C3C=COC1=C32)C=4C(=O)C1C=CCCC1. The molecule has 8 nitrogen and oxygen atoms in total. The molecule has 2 aromatic rings. The molecule has 9 rings (SSSR count). The molecule has 0 radical (unpaired) electrons. The van der Waals surface area contributed by atoms with Crippen LogP contribution in [0.1, 0.15) is 81.9 Å². The van der Waals surface area contributed by atoms with Crippen LogP contribution in [0.25, 0.3) is 21.9 Å².